The second kappa shape index (κ2) is 8.59. The molecule has 2 amide bonds. The predicted octanol–water partition coefficient (Wildman–Crippen LogP) is 2.02. The monoisotopic (exact) mass is 300 g/mol. The number of carbonyl (C=O) groups excluding carboxylic acids is 1. The summed E-state index contributed by atoms with van der Waals surface area (Å²) in [5.74, 6) is 0.170. The number of aliphatic hydroxyl groups excluding tert-OH is 2. The molecule has 1 fully saturated rings. The Morgan fingerprint density at radius 3 is 2.57 bits per heavy atom. The molecule has 5 nitrogen and oxygen atoms in total. The van der Waals surface area contributed by atoms with Crippen molar-refractivity contribution >= 4 is 6.03 Å². The average Bonchev–Trinajstić information content (AvgIpc) is 2.60. The van der Waals surface area contributed by atoms with E-state index in [9.17, 15) is 15.0 Å². The number of aliphatic hydroxyl groups is 2. The first-order valence-electron chi connectivity index (χ1n) is 8.17. The Balaban J connectivity index is 2.41. The quantitative estimate of drug-likeness (QED) is 0.567. The Morgan fingerprint density at radius 2 is 1.95 bits per heavy atom. The minimum atomic E-state index is -0.370. The first-order chi connectivity index (χ1) is 9.84. The second-order valence-electron chi connectivity index (χ2n) is 7.23. The van der Waals surface area contributed by atoms with Gasteiger partial charge in [0.25, 0.3) is 0 Å². The van der Waals surface area contributed by atoms with Crippen molar-refractivity contribution in [2.75, 3.05) is 13.2 Å². The van der Waals surface area contributed by atoms with Crippen LogP contribution >= 0.6 is 0 Å². The number of carbonyl (C=O) groups is 1. The van der Waals surface area contributed by atoms with E-state index in [0.717, 1.165) is 25.7 Å². The molecule has 3 unspecified atom stereocenters. The Bertz CT molecular complexity index is 319. The van der Waals surface area contributed by atoms with E-state index < -0.39 is 0 Å². The smallest absolute Gasteiger partial charge is 0.315 e. The highest BCUT2D eigenvalue weighted by molar-refractivity contribution is 5.74. The normalized spacial score (nSPS) is 25.0. The number of hydrogen-bond acceptors (Lipinski definition) is 3. The van der Waals surface area contributed by atoms with Crippen LogP contribution < -0.4 is 10.6 Å². The summed E-state index contributed by atoms with van der Waals surface area (Å²) in [6, 6.07) is -0.101. The SMILES string of the molecule is CC(O)CC(C)(C)CNC(=O)NC1CCCCCC1CO. The van der Waals surface area contributed by atoms with Crippen LogP contribution in [0.1, 0.15) is 59.3 Å². The van der Waals surface area contributed by atoms with Gasteiger partial charge in [-0.05, 0) is 31.6 Å². The fraction of sp³-hybridized carbons (Fsp3) is 0.938. The summed E-state index contributed by atoms with van der Waals surface area (Å²) in [6.45, 7) is 6.49. The maximum absolute atomic E-state index is 12.1. The maximum Gasteiger partial charge on any atom is 0.315 e. The summed E-state index contributed by atoms with van der Waals surface area (Å²) in [6.07, 6.45) is 5.62. The van der Waals surface area contributed by atoms with Crippen LogP contribution in [0.25, 0.3) is 0 Å². The highest BCUT2D eigenvalue weighted by Crippen LogP contribution is 2.23. The van der Waals surface area contributed by atoms with Crippen LogP contribution in [-0.4, -0.2) is 41.5 Å². The molecule has 1 rings (SSSR count). The molecule has 0 aromatic carbocycles. The second-order valence-corrected chi connectivity index (χ2v) is 7.23. The van der Waals surface area contributed by atoms with E-state index in [0.29, 0.717) is 13.0 Å². The summed E-state index contributed by atoms with van der Waals surface area (Å²) in [5, 5.41) is 24.8. The van der Waals surface area contributed by atoms with E-state index in [2.05, 4.69) is 10.6 Å². The summed E-state index contributed by atoms with van der Waals surface area (Å²) in [4.78, 5) is 12.1. The fourth-order valence-corrected chi connectivity index (χ4v) is 3.20. The molecule has 0 radical (unpaired) electrons. The predicted molar refractivity (Wildman–Crippen MR) is 84.1 cm³/mol. The molecule has 4 N–H and O–H groups in total. The Labute approximate surface area is 128 Å². The third-order valence-corrected chi connectivity index (χ3v) is 4.29. The fourth-order valence-electron chi connectivity index (χ4n) is 3.20. The molecule has 0 bridgehead atoms. The molecular formula is C16H32N2O3. The largest absolute Gasteiger partial charge is 0.396 e. The van der Waals surface area contributed by atoms with Gasteiger partial charge in [0.1, 0.15) is 0 Å². The third-order valence-electron chi connectivity index (χ3n) is 4.29. The number of amides is 2. The van der Waals surface area contributed by atoms with Crippen molar-refractivity contribution in [2.24, 2.45) is 11.3 Å². The zero-order chi connectivity index (χ0) is 15.9. The molecule has 0 spiro atoms. The molecule has 5 heteroatoms. The van der Waals surface area contributed by atoms with Crippen molar-refractivity contribution in [3.63, 3.8) is 0 Å². The van der Waals surface area contributed by atoms with Gasteiger partial charge in [-0.2, -0.15) is 0 Å². The number of urea groups is 1. The van der Waals surface area contributed by atoms with Gasteiger partial charge in [-0.15, -0.1) is 0 Å². The molecule has 0 aromatic rings. The van der Waals surface area contributed by atoms with Crippen LogP contribution in [0.5, 0.6) is 0 Å². The van der Waals surface area contributed by atoms with Crippen molar-refractivity contribution in [1.82, 2.24) is 10.6 Å². The summed E-state index contributed by atoms with van der Waals surface area (Å²) in [5.41, 5.74) is -0.134. The zero-order valence-corrected chi connectivity index (χ0v) is 13.7. The molecule has 124 valence electrons. The molecule has 1 aliphatic carbocycles. The maximum atomic E-state index is 12.1. The van der Waals surface area contributed by atoms with Gasteiger partial charge in [0.2, 0.25) is 0 Å². The van der Waals surface area contributed by atoms with Gasteiger partial charge < -0.3 is 20.8 Å². The van der Waals surface area contributed by atoms with Crippen molar-refractivity contribution < 1.29 is 15.0 Å². The van der Waals surface area contributed by atoms with Gasteiger partial charge in [0.05, 0.1) is 6.10 Å². The van der Waals surface area contributed by atoms with Crippen LogP contribution in [0, 0.1) is 11.3 Å². The summed E-state index contributed by atoms with van der Waals surface area (Å²) in [7, 11) is 0. The van der Waals surface area contributed by atoms with Gasteiger partial charge in [0, 0.05) is 25.1 Å². The standard InChI is InChI=1S/C16H32N2O3/c1-12(20)9-16(2,3)11-17-15(21)18-14-8-6-4-5-7-13(14)10-19/h12-14,19-20H,4-11H2,1-3H3,(H2,17,18,21). The lowest BCUT2D eigenvalue weighted by atomic mass is 9.87. The molecule has 21 heavy (non-hydrogen) atoms. The van der Waals surface area contributed by atoms with Crippen molar-refractivity contribution in [3.05, 3.63) is 0 Å². The first-order valence-corrected chi connectivity index (χ1v) is 8.17. The minimum Gasteiger partial charge on any atom is -0.396 e. The molecule has 3 atom stereocenters. The Morgan fingerprint density at radius 1 is 1.29 bits per heavy atom. The lowest BCUT2D eigenvalue weighted by Crippen LogP contribution is -2.48. The van der Waals surface area contributed by atoms with Crippen LogP contribution in [0.2, 0.25) is 0 Å². The molecule has 1 saturated carbocycles. The van der Waals surface area contributed by atoms with Gasteiger partial charge >= 0.3 is 6.03 Å². The van der Waals surface area contributed by atoms with E-state index in [1.54, 1.807) is 6.92 Å². The molecule has 0 saturated heterocycles. The first kappa shape index (κ1) is 18.2. The van der Waals surface area contributed by atoms with Gasteiger partial charge in [0.15, 0.2) is 0 Å². The van der Waals surface area contributed by atoms with Crippen molar-refractivity contribution in [3.8, 4) is 0 Å². The third kappa shape index (κ3) is 7.14. The number of rotatable bonds is 6. The highest BCUT2D eigenvalue weighted by Gasteiger charge is 2.26. The van der Waals surface area contributed by atoms with E-state index in [1.165, 1.54) is 6.42 Å². The van der Waals surface area contributed by atoms with Gasteiger partial charge in [-0.1, -0.05) is 33.1 Å². The van der Waals surface area contributed by atoms with Crippen molar-refractivity contribution in [2.45, 2.75) is 71.4 Å². The van der Waals surface area contributed by atoms with E-state index in [1.807, 2.05) is 13.8 Å². The van der Waals surface area contributed by atoms with Crippen LogP contribution in [-0.2, 0) is 0 Å². The molecule has 0 heterocycles. The van der Waals surface area contributed by atoms with Gasteiger partial charge in [-0.3, -0.25) is 0 Å². The minimum absolute atomic E-state index is 0.0670. The number of hydrogen-bond donors (Lipinski definition) is 4. The molecule has 0 aromatic heterocycles. The van der Waals surface area contributed by atoms with Gasteiger partial charge in [-0.25, -0.2) is 4.79 Å². The Hall–Kier alpha value is -0.810. The average molecular weight is 300 g/mol. The summed E-state index contributed by atoms with van der Waals surface area (Å²) < 4.78 is 0. The van der Waals surface area contributed by atoms with E-state index >= 15 is 0 Å². The van der Waals surface area contributed by atoms with Crippen LogP contribution in [0.3, 0.4) is 0 Å². The zero-order valence-electron chi connectivity index (χ0n) is 13.7. The highest BCUT2D eigenvalue weighted by atomic mass is 16.3. The molecule has 0 aliphatic heterocycles. The van der Waals surface area contributed by atoms with E-state index in [-0.39, 0.29) is 36.1 Å². The lowest BCUT2D eigenvalue weighted by Gasteiger charge is -2.28. The topological polar surface area (TPSA) is 81.6 Å². The number of nitrogens with one attached hydrogen (secondary N) is 2. The summed E-state index contributed by atoms with van der Waals surface area (Å²) >= 11 is 0. The Kier molecular flexibility index (Phi) is 7.46. The van der Waals surface area contributed by atoms with E-state index in [4.69, 9.17) is 0 Å². The molecular weight excluding hydrogens is 268 g/mol. The van der Waals surface area contributed by atoms with Crippen LogP contribution in [0.15, 0.2) is 0 Å². The lowest BCUT2D eigenvalue weighted by molar-refractivity contribution is 0.128. The van der Waals surface area contributed by atoms with Crippen molar-refractivity contribution in [1.29, 1.82) is 0 Å². The van der Waals surface area contributed by atoms with Crippen LogP contribution in [0.4, 0.5) is 4.79 Å². The molecule has 1 aliphatic rings.